The molecule has 3 aromatic rings. The van der Waals surface area contributed by atoms with Gasteiger partial charge < -0.3 is 4.90 Å². The Morgan fingerprint density at radius 3 is 2.93 bits per heavy atom. The Balaban J connectivity index is 1.55. The van der Waals surface area contributed by atoms with Gasteiger partial charge in [0.05, 0.1) is 17.1 Å². The quantitative estimate of drug-likeness (QED) is 0.687. The number of para-hydroxylation sites is 1. The van der Waals surface area contributed by atoms with Gasteiger partial charge in [-0.05, 0) is 44.5 Å². The maximum absolute atomic E-state index is 14.3. The average molecular weight is 379 g/mol. The second-order valence-corrected chi connectivity index (χ2v) is 7.64. The molecule has 0 spiro atoms. The summed E-state index contributed by atoms with van der Waals surface area (Å²) in [6.07, 6.45) is 3.98. The third kappa shape index (κ3) is 2.77. The highest BCUT2D eigenvalue weighted by atomic mass is 19.1. The van der Waals surface area contributed by atoms with E-state index in [4.69, 9.17) is 0 Å². The minimum absolute atomic E-state index is 0.00938. The number of carbonyl (C=O) groups excluding carboxylic acids is 1. The lowest BCUT2D eigenvalue weighted by molar-refractivity contribution is 0.0573. The van der Waals surface area contributed by atoms with Crippen molar-refractivity contribution >= 4 is 16.9 Å². The molecule has 1 unspecified atom stereocenters. The van der Waals surface area contributed by atoms with Gasteiger partial charge in [-0.25, -0.2) is 14.1 Å². The van der Waals surface area contributed by atoms with Crippen molar-refractivity contribution in [2.24, 2.45) is 0 Å². The Bertz CT molecular complexity index is 1060. The third-order valence-corrected chi connectivity index (χ3v) is 5.86. The van der Waals surface area contributed by atoms with E-state index in [1.165, 1.54) is 17.2 Å². The molecule has 2 fully saturated rings. The average Bonchev–Trinajstić information content (AvgIpc) is 3.33. The van der Waals surface area contributed by atoms with Crippen LogP contribution in [0.25, 0.3) is 16.7 Å². The van der Waals surface area contributed by atoms with Gasteiger partial charge in [-0.1, -0.05) is 12.1 Å². The Labute approximate surface area is 162 Å². The molecule has 1 aromatic carbocycles. The number of amides is 1. The van der Waals surface area contributed by atoms with Crippen molar-refractivity contribution in [3.8, 4) is 5.69 Å². The molecule has 0 bridgehead atoms. The molecule has 0 N–H and O–H groups in total. The van der Waals surface area contributed by atoms with Crippen molar-refractivity contribution in [2.75, 3.05) is 26.2 Å². The number of piperazine rings is 1. The minimum atomic E-state index is -0.374. The molecule has 2 saturated heterocycles. The fourth-order valence-electron chi connectivity index (χ4n) is 4.45. The minimum Gasteiger partial charge on any atom is -0.336 e. The lowest BCUT2D eigenvalue weighted by atomic mass is 10.1. The molecule has 1 atom stereocenters. The predicted molar refractivity (Wildman–Crippen MR) is 104 cm³/mol. The number of benzene rings is 1. The van der Waals surface area contributed by atoms with Crippen LogP contribution in [-0.4, -0.2) is 62.7 Å². The molecule has 6 nitrogen and oxygen atoms in total. The van der Waals surface area contributed by atoms with Crippen LogP contribution in [0, 0.1) is 12.7 Å². The number of aromatic nitrogens is 3. The molecule has 2 aliphatic heterocycles. The molecule has 7 heteroatoms. The molecule has 0 radical (unpaired) electrons. The van der Waals surface area contributed by atoms with Crippen molar-refractivity contribution < 1.29 is 9.18 Å². The molecule has 1 amide bonds. The fourth-order valence-corrected chi connectivity index (χ4v) is 4.45. The Kier molecular flexibility index (Phi) is 4.12. The fraction of sp³-hybridized carbons (Fsp3) is 0.381. The molecule has 0 aliphatic carbocycles. The van der Waals surface area contributed by atoms with Gasteiger partial charge in [0.2, 0.25) is 0 Å². The smallest absolute Gasteiger partial charge is 0.254 e. The number of pyridine rings is 1. The predicted octanol–water partition coefficient (Wildman–Crippen LogP) is 2.79. The Morgan fingerprint density at radius 2 is 2.07 bits per heavy atom. The number of nitrogens with zero attached hydrogens (tertiary/aromatic N) is 5. The van der Waals surface area contributed by atoms with Gasteiger partial charge in [0.15, 0.2) is 5.65 Å². The van der Waals surface area contributed by atoms with E-state index in [0.717, 1.165) is 32.6 Å². The summed E-state index contributed by atoms with van der Waals surface area (Å²) in [4.78, 5) is 22.3. The summed E-state index contributed by atoms with van der Waals surface area (Å²) >= 11 is 0. The maximum Gasteiger partial charge on any atom is 0.254 e. The summed E-state index contributed by atoms with van der Waals surface area (Å²) in [6.45, 7) is 5.42. The molecular weight excluding hydrogens is 357 g/mol. The van der Waals surface area contributed by atoms with Gasteiger partial charge in [0, 0.05) is 31.4 Å². The lowest BCUT2D eigenvalue weighted by Crippen LogP contribution is -2.52. The van der Waals surface area contributed by atoms with Crippen molar-refractivity contribution in [2.45, 2.75) is 25.8 Å². The van der Waals surface area contributed by atoms with E-state index >= 15 is 0 Å². The topological polar surface area (TPSA) is 54.3 Å². The highest BCUT2D eigenvalue weighted by molar-refractivity contribution is 6.05. The van der Waals surface area contributed by atoms with E-state index in [1.54, 1.807) is 24.4 Å². The van der Waals surface area contributed by atoms with E-state index in [9.17, 15) is 9.18 Å². The zero-order valence-corrected chi connectivity index (χ0v) is 15.8. The van der Waals surface area contributed by atoms with Crippen molar-refractivity contribution in [3.05, 3.63) is 53.6 Å². The van der Waals surface area contributed by atoms with Gasteiger partial charge in [-0.2, -0.15) is 5.10 Å². The first-order valence-electron chi connectivity index (χ1n) is 9.75. The molecule has 144 valence electrons. The zero-order valence-electron chi connectivity index (χ0n) is 15.8. The van der Waals surface area contributed by atoms with E-state index < -0.39 is 0 Å². The highest BCUT2D eigenvalue weighted by Gasteiger charge is 2.33. The van der Waals surface area contributed by atoms with Crippen LogP contribution in [0.5, 0.6) is 0 Å². The van der Waals surface area contributed by atoms with Crippen molar-refractivity contribution in [1.82, 2.24) is 24.6 Å². The largest absolute Gasteiger partial charge is 0.336 e. The summed E-state index contributed by atoms with van der Waals surface area (Å²) in [5.74, 6) is -0.365. The van der Waals surface area contributed by atoms with Crippen LogP contribution in [0.4, 0.5) is 4.39 Å². The van der Waals surface area contributed by atoms with Gasteiger partial charge in [-0.3, -0.25) is 9.69 Å². The van der Waals surface area contributed by atoms with Crippen LogP contribution < -0.4 is 0 Å². The first kappa shape index (κ1) is 17.3. The zero-order chi connectivity index (χ0) is 19.3. The summed E-state index contributed by atoms with van der Waals surface area (Å²) in [7, 11) is 0. The second-order valence-electron chi connectivity index (χ2n) is 7.64. The van der Waals surface area contributed by atoms with E-state index in [2.05, 4.69) is 15.0 Å². The Hall–Kier alpha value is -2.80. The van der Waals surface area contributed by atoms with Gasteiger partial charge >= 0.3 is 0 Å². The monoisotopic (exact) mass is 379 g/mol. The molecule has 28 heavy (non-hydrogen) atoms. The van der Waals surface area contributed by atoms with Crippen molar-refractivity contribution in [3.63, 3.8) is 0 Å². The number of fused-ring (bicyclic) bond motifs is 2. The first-order chi connectivity index (χ1) is 13.6. The molecular formula is C21H22FN5O. The van der Waals surface area contributed by atoms with E-state index in [1.807, 2.05) is 17.9 Å². The molecule has 5 rings (SSSR count). The highest BCUT2D eigenvalue weighted by Crippen LogP contribution is 2.26. The van der Waals surface area contributed by atoms with Gasteiger partial charge in [0.25, 0.3) is 5.91 Å². The van der Waals surface area contributed by atoms with Crippen molar-refractivity contribution in [1.29, 1.82) is 0 Å². The number of aryl methyl sites for hydroxylation is 1. The first-order valence-corrected chi connectivity index (χ1v) is 9.75. The van der Waals surface area contributed by atoms with Crippen LogP contribution >= 0.6 is 0 Å². The summed E-state index contributed by atoms with van der Waals surface area (Å²) in [5, 5.41) is 5.00. The summed E-state index contributed by atoms with van der Waals surface area (Å²) in [6, 6.07) is 8.74. The SMILES string of the molecule is Cc1cc(C(=O)N2CCN3CCCC3C2)c2cnn(-c3ccccc3F)c2n1. The number of halogens is 1. The second kappa shape index (κ2) is 6.67. The molecule has 2 aliphatic rings. The molecule has 0 saturated carbocycles. The van der Waals surface area contributed by atoms with E-state index in [0.29, 0.717) is 34.0 Å². The third-order valence-electron chi connectivity index (χ3n) is 5.86. The van der Waals surface area contributed by atoms with E-state index in [-0.39, 0.29) is 11.7 Å². The van der Waals surface area contributed by atoms with Crippen LogP contribution in [0.1, 0.15) is 28.9 Å². The summed E-state index contributed by atoms with van der Waals surface area (Å²) in [5.41, 5.74) is 2.14. The van der Waals surface area contributed by atoms with Crippen LogP contribution in [-0.2, 0) is 0 Å². The standard InChI is InChI=1S/C21H22FN5O/c1-14-11-16(21(28)26-10-9-25-8-4-5-15(25)13-26)17-12-23-27(20(17)24-14)19-7-3-2-6-18(19)22/h2-3,6-7,11-12,15H,4-5,8-10,13H2,1H3. The molecule has 4 heterocycles. The van der Waals surface area contributed by atoms with Gasteiger partial charge in [0.1, 0.15) is 11.5 Å². The van der Waals surface area contributed by atoms with Crippen LogP contribution in [0.15, 0.2) is 36.5 Å². The number of hydrogen-bond acceptors (Lipinski definition) is 4. The molecule has 2 aromatic heterocycles. The lowest BCUT2D eigenvalue weighted by Gasteiger charge is -2.37. The number of rotatable bonds is 2. The Morgan fingerprint density at radius 1 is 1.21 bits per heavy atom. The number of hydrogen-bond donors (Lipinski definition) is 0. The van der Waals surface area contributed by atoms with Crippen LogP contribution in [0.2, 0.25) is 0 Å². The van der Waals surface area contributed by atoms with Gasteiger partial charge in [-0.15, -0.1) is 0 Å². The summed E-state index contributed by atoms with van der Waals surface area (Å²) < 4.78 is 15.8. The normalized spacial score (nSPS) is 19.9. The number of carbonyl (C=O) groups is 1. The maximum atomic E-state index is 14.3. The van der Waals surface area contributed by atoms with Crippen LogP contribution in [0.3, 0.4) is 0 Å².